The summed E-state index contributed by atoms with van der Waals surface area (Å²) in [5, 5.41) is 4.57. The molecule has 24 heavy (non-hydrogen) atoms. The Morgan fingerprint density at radius 1 is 1.33 bits per heavy atom. The summed E-state index contributed by atoms with van der Waals surface area (Å²) in [5.41, 5.74) is 0.833. The number of rotatable bonds is 4. The molecule has 8 heteroatoms. The second-order valence-electron chi connectivity index (χ2n) is 5.99. The Morgan fingerprint density at radius 3 is 2.71 bits per heavy atom. The summed E-state index contributed by atoms with van der Waals surface area (Å²) in [4.78, 5) is 19.3. The standard InChI is InChI=1S/C16H14F2N4OS/c1-9-12(10-2-4-11(17)5-3-10)13-19-14(20-15(23)22(13)21-9)24-8-16(18)6-7-16/h2-5H,6-8H2,1H3,(H,19,20,23). The van der Waals surface area contributed by atoms with Crippen LogP contribution in [0.3, 0.4) is 0 Å². The van der Waals surface area contributed by atoms with Gasteiger partial charge < -0.3 is 0 Å². The van der Waals surface area contributed by atoms with E-state index in [0.717, 1.165) is 5.56 Å². The maximum Gasteiger partial charge on any atom is 0.350 e. The molecule has 1 aromatic carbocycles. The average molecular weight is 348 g/mol. The van der Waals surface area contributed by atoms with E-state index >= 15 is 0 Å². The Kier molecular flexibility index (Phi) is 3.45. The number of aromatic amines is 1. The highest BCUT2D eigenvalue weighted by Gasteiger charge is 2.43. The molecule has 3 aromatic rings. The van der Waals surface area contributed by atoms with Gasteiger partial charge in [0.05, 0.1) is 5.69 Å². The first kappa shape index (κ1) is 15.3. The zero-order valence-electron chi connectivity index (χ0n) is 12.8. The van der Waals surface area contributed by atoms with Gasteiger partial charge in [-0.1, -0.05) is 23.9 Å². The van der Waals surface area contributed by atoms with E-state index in [9.17, 15) is 13.6 Å². The molecule has 1 aliphatic carbocycles. The first-order valence-electron chi connectivity index (χ1n) is 7.52. The van der Waals surface area contributed by atoms with Crippen molar-refractivity contribution in [3.8, 4) is 11.1 Å². The van der Waals surface area contributed by atoms with Crippen LogP contribution in [0, 0.1) is 12.7 Å². The van der Waals surface area contributed by atoms with E-state index in [1.54, 1.807) is 19.1 Å². The molecule has 4 rings (SSSR count). The summed E-state index contributed by atoms with van der Waals surface area (Å²) >= 11 is 1.19. The van der Waals surface area contributed by atoms with Crippen LogP contribution in [0.1, 0.15) is 18.5 Å². The van der Waals surface area contributed by atoms with Gasteiger partial charge in [0.15, 0.2) is 10.8 Å². The molecule has 1 saturated carbocycles. The Hall–Kier alpha value is -2.22. The SMILES string of the molecule is Cc1nn2c(=O)[nH]c(SCC3(F)CC3)nc2c1-c1ccc(F)cc1. The fraction of sp³-hybridized carbons (Fsp3) is 0.312. The van der Waals surface area contributed by atoms with Crippen molar-refractivity contribution >= 4 is 17.4 Å². The van der Waals surface area contributed by atoms with E-state index in [1.165, 1.54) is 28.4 Å². The predicted octanol–water partition coefficient (Wildman–Crippen LogP) is 3.13. The first-order valence-corrected chi connectivity index (χ1v) is 8.51. The Morgan fingerprint density at radius 2 is 2.04 bits per heavy atom. The molecule has 0 aliphatic heterocycles. The van der Waals surface area contributed by atoms with E-state index in [2.05, 4.69) is 15.1 Å². The number of nitrogens with zero attached hydrogens (tertiary/aromatic N) is 3. The number of hydrogen-bond acceptors (Lipinski definition) is 4. The van der Waals surface area contributed by atoms with Crippen molar-refractivity contribution in [3.05, 3.63) is 46.3 Å². The molecule has 0 unspecified atom stereocenters. The van der Waals surface area contributed by atoms with Crippen molar-refractivity contribution in [1.29, 1.82) is 0 Å². The number of thioether (sulfide) groups is 1. The number of aromatic nitrogens is 4. The van der Waals surface area contributed by atoms with Crippen LogP contribution in [-0.4, -0.2) is 31.0 Å². The van der Waals surface area contributed by atoms with Gasteiger partial charge in [0.1, 0.15) is 11.5 Å². The lowest BCUT2D eigenvalue weighted by Gasteiger charge is -2.05. The number of nitrogens with one attached hydrogen (secondary N) is 1. The molecule has 2 heterocycles. The topological polar surface area (TPSA) is 63.1 Å². The van der Waals surface area contributed by atoms with Crippen LogP contribution in [0.5, 0.6) is 0 Å². The average Bonchev–Trinajstić information content (AvgIpc) is 3.19. The Labute approximate surface area is 140 Å². The van der Waals surface area contributed by atoms with Crippen LogP contribution in [0.4, 0.5) is 8.78 Å². The van der Waals surface area contributed by atoms with Gasteiger partial charge in [-0.2, -0.15) is 9.61 Å². The Balaban J connectivity index is 1.81. The molecule has 124 valence electrons. The van der Waals surface area contributed by atoms with Gasteiger partial charge in [0.25, 0.3) is 0 Å². The highest BCUT2D eigenvalue weighted by atomic mass is 32.2. The summed E-state index contributed by atoms with van der Waals surface area (Å²) < 4.78 is 28.1. The molecule has 1 aliphatic rings. The molecule has 0 saturated heterocycles. The van der Waals surface area contributed by atoms with Crippen LogP contribution >= 0.6 is 11.8 Å². The lowest BCUT2D eigenvalue weighted by molar-refractivity contribution is 0.346. The van der Waals surface area contributed by atoms with Gasteiger partial charge in [-0.15, -0.1) is 0 Å². The minimum absolute atomic E-state index is 0.269. The third kappa shape index (κ3) is 2.71. The summed E-state index contributed by atoms with van der Waals surface area (Å²) in [6.07, 6.45) is 1.11. The maximum atomic E-state index is 13.8. The van der Waals surface area contributed by atoms with E-state index in [0.29, 0.717) is 34.9 Å². The summed E-state index contributed by atoms with van der Waals surface area (Å²) in [6, 6.07) is 5.94. The maximum absolute atomic E-state index is 13.8. The molecule has 0 spiro atoms. The highest BCUT2D eigenvalue weighted by molar-refractivity contribution is 7.99. The van der Waals surface area contributed by atoms with Crippen molar-refractivity contribution in [1.82, 2.24) is 19.6 Å². The molecule has 5 nitrogen and oxygen atoms in total. The number of aryl methyl sites for hydroxylation is 1. The van der Waals surface area contributed by atoms with Crippen molar-refractivity contribution in [2.45, 2.75) is 30.6 Å². The molecule has 2 aromatic heterocycles. The minimum Gasteiger partial charge on any atom is -0.285 e. The van der Waals surface area contributed by atoms with Gasteiger partial charge in [-0.25, -0.2) is 18.6 Å². The second kappa shape index (κ2) is 5.41. The predicted molar refractivity (Wildman–Crippen MR) is 87.5 cm³/mol. The monoisotopic (exact) mass is 348 g/mol. The quantitative estimate of drug-likeness (QED) is 0.736. The summed E-state index contributed by atoms with van der Waals surface area (Å²) in [6.45, 7) is 1.76. The molecule has 0 bridgehead atoms. The molecule has 0 radical (unpaired) electrons. The first-order chi connectivity index (χ1) is 11.5. The van der Waals surface area contributed by atoms with Crippen molar-refractivity contribution in [3.63, 3.8) is 0 Å². The van der Waals surface area contributed by atoms with E-state index in [-0.39, 0.29) is 11.6 Å². The zero-order valence-corrected chi connectivity index (χ0v) is 13.7. The summed E-state index contributed by atoms with van der Waals surface area (Å²) in [7, 11) is 0. The van der Waals surface area contributed by atoms with E-state index in [4.69, 9.17) is 0 Å². The number of halogens is 2. The molecule has 0 atom stereocenters. The van der Waals surface area contributed by atoms with Crippen LogP contribution in [0.2, 0.25) is 0 Å². The number of alkyl halides is 1. The molecular weight excluding hydrogens is 334 g/mol. The molecule has 0 amide bonds. The van der Waals surface area contributed by atoms with Gasteiger partial charge in [-0.3, -0.25) is 4.98 Å². The van der Waals surface area contributed by atoms with E-state index in [1.807, 2.05) is 0 Å². The summed E-state index contributed by atoms with van der Waals surface area (Å²) in [5.74, 6) is -0.0712. The van der Waals surface area contributed by atoms with Crippen LogP contribution in [0.25, 0.3) is 16.8 Å². The molecule has 1 N–H and O–H groups in total. The molecule has 1 fully saturated rings. The largest absolute Gasteiger partial charge is 0.350 e. The third-order valence-corrected chi connectivity index (χ3v) is 5.17. The number of H-pyrrole nitrogens is 1. The van der Waals surface area contributed by atoms with Crippen LogP contribution < -0.4 is 5.69 Å². The number of benzene rings is 1. The number of fused-ring (bicyclic) bond motifs is 1. The highest BCUT2D eigenvalue weighted by Crippen LogP contribution is 2.43. The third-order valence-electron chi connectivity index (χ3n) is 4.04. The van der Waals surface area contributed by atoms with Gasteiger partial charge in [0, 0.05) is 11.3 Å². The number of hydrogen-bond donors (Lipinski definition) is 1. The Bertz CT molecular complexity index is 976. The van der Waals surface area contributed by atoms with Crippen molar-refractivity contribution in [2.75, 3.05) is 5.75 Å². The van der Waals surface area contributed by atoms with Gasteiger partial charge in [0.2, 0.25) is 0 Å². The zero-order chi connectivity index (χ0) is 16.9. The lowest BCUT2D eigenvalue weighted by atomic mass is 10.1. The van der Waals surface area contributed by atoms with Crippen LogP contribution in [-0.2, 0) is 0 Å². The van der Waals surface area contributed by atoms with Gasteiger partial charge >= 0.3 is 5.69 Å². The normalized spacial score (nSPS) is 15.8. The lowest BCUT2D eigenvalue weighted by Crippen LogP contribution is -2.20. The second-order valence-corrected chi connectivity index (χ2v) is 6.95. The fourth-order valence-electron chi connectivity index (χ4n) is 2.53. The van der Waals surface area contributed by atoms with Gasteiger partial charge in [-0.05, 0) is 37.5 Å². The smallest absolute Gasteiger partial charge is 0.285 e. The van der Waals surface area contributed by atoms with Crippen LogP contribution in [0.15, 0.2) is 34.2 Å². The van der Waals surface area contributed by atoms with Crippen molar-refractivity contribution in [2.24, 2.45) is 0 Å². The molecular formula is C16H14F2N4OS. The van der Waals surface area contributed by atoms with Crippen molar-refractivity contribution < 1.29 is 8.78 Å². The fourth-order valence-corrected chi connectivity index (χ4v) is 3.52. The van der Waals surface area contributed by atoms with E-state index < -0.39 is 11.4 Å². The minimum atomic E-state index is -1.13.